The lowest BCUT2D eigenvalue weighted by Gasteiger charge is -2.24. The molecule has 0 radical (unpaired) electrons. The van der Waals surface area contributed by atoms with Crippen LogP contribution >= 0.6 is 0 Å². The number of hydrogen-bond acceptors (Lipinski definition) is 2. The monoisotopic (exact) mass is 330 g/mol. The highest BCUT2D eigenvalue weighted by molar-refractivity contribution is 5.30. The largest absolute Gasteiger partial charge is 0.248 e. The molecule has 0 fully saturated rings. The van der Waals surface area contributed by atoms with Gasteiger partial charge in [0.25, 0.3) is 0 Å². The van der Waals surface area contributed by atoms with E-state index < -0.39 is 0 Å². The first kappa shape index (κ1) is 17.4. The van der Waals surface area contributed by atoms with Crippen LogP contribution in [0.5, 0.6) is 0 Å². The number of benzene rings is 3. The first-order valence-corrected chi connectivity index (χ1v) is 8.85. The summed E-state index contributed by atoms with van der Waals surface area (Å²) in [6.45, 7) is 3.10. The Morgan fingerprint density at radius 1 is 0.760 bits per heavy atom. The van der Waals surface area contributed by atoms with Gasteiger partial charge in [0.1, 0.15) is 0 Å². The van der Waals surface area contributed by atoms with Gasteiger partial charge >= 0.3 is 0 Å². The minimum Gasteiger partial charge on any atom is -0.248 e. The maximum absolute atomic E-state index is 3.57. The van der Waals surface area contributed by atoms with Crippen LogP contribution in [0.4, 0.5) is 0 Å². The fourth-order valence-electron chi connectivity index (χ4n) is 3.11. The quantitative estimate of drug-likeness (QED) is 0.615. The van der Waals surface area contributed by atoms with Gasteiger partial charge in [0.05, 0.1) is 0 Å². The molecule has 0 aliphatic carbocycles. The average Bonchev–Trinajstić information content (AvgIpc) is 2.63. The predicted molar refractivity (Wildman–Crippen MR) is 105 cm³/mol. The highest BCUT2D eigenvalue weighted by Gasteiger charge is 2.09. The third-order valence-corrected chi connectivity index (χ3v) is 4.38. The molecule has 0 saturated heterocycles. The predicted octanol–water partition coefficient (Wildman–Crippen LogP) is 4.98. The highest BCUT2D eigenvalue weighted by Crippen LogP contribution is 2.17. The summed E-state index contributed by atoms with van der Waals surface area (Å²) in [7, 11) is 2.09. The maximum atomic E-state index is 3.57. The van der Waals surface area contributed by atoms with E-state index in [4.69, 9.17) is 0 Å². The molecule has 1 unspecified atom stereocenters. The molecule has 0 amide bonds. The van der Waals surface area contributed by atoms with E-state index >= 15 is 0 Å². The Balaban J connectivity index is 1.62. The smallest absolute Gasteiger partial charge is 0.0436 e. The van der Waals surface area contributed by atoms with E-state index in [1.165, 1.54) is 22.3 Å². The van der Waals surface area contributed by atoms with Crippen molar-refractivity contribution in [1.29, 1.82) is 0 Å². The first-order valence-electron chi connectivity index (χ1n) is 8.85. The molecular formula is C23H26N2. The molecule has 1 atom stereocenters. The van der Waals surface area contributed by atoms with Crippen molar-refractivity contribution in [2.75, 3.05) is 7.05 Å². The molecule has 128 valence electrons. The van der Waals surface area contributed by atoms with Crippen LogP contribution in [0.1, 0.15) is 35.2 Å². The van der Waals surface area contributed by atoms with Crippen molar-refractivity contribution in [3.63, 3.8) is 0 Å². The van der Waals surface area contributed by atoms with Crippen molar-refractivity contribution < 1.29 is 0 Å². The summed E-state index contributed by atoms with van der Waals surface area (Å²) in [4.78, 5) is 0. The van der Waals surface area contributed by atoms with E-state index in [1.807, 2.05) is 0 Å². The number of rotatable bonds is 7. The lowest BCUT2D eigenvalue weighted by Crippen LogP contribution is -2.35. The molecule has 0 saturated carbocycles. The standard InChI is InChI=1S/C23H26N2/c1-19(24-25(2)18-21-12-7-4-8-13-21)23-15-9-14-22(17-23)16-20-10-5-3-6-11-20/h3-15,17,19,24H,16,18H2,1-2H3. The Bertz CT molecular complexity index is 768. The van der Waals surface area contributed by atoms with Gasteiger partial charge in [-0.15, -0.1) is 0 Å². The molecule has 3 rings (SSSR count). The Labute approximate surface area is 151 Å². The van der Waals surface area contributed by atoms with Gasteiger partial charge in [-0.3, -0.25) is 0 Å². The molecule has 0 heterocycles. The first-order chi connectivity index (χ1) is 12.2. The third-order valence-electron chi connectivity index (χ3n) is 4.38. The van der Waals surface area contributed by atoms with E-state index in [9.17, 15) is 0 Å². The summed E-state index contributed by atoms with van der Waals surface area (Å²) in [5, 5.41) is 2.16. The summed E-state index contributed by atoms with van der Waals surface area (Å²) in [6.07, 6.45) is 0.973. The second kappa shape index (κ2) is 8.61. The van der Waals surface area contributed by atoms with E-state index in [0.717, 1.165) is 13.0 Å². The molecule has 0 bridgehead atoms. The Kier molecular flexibility index (Phi) is 5.99. The van der Waals surface area contributed by atoms with Crippen LogP contribution in [0.15, 0.2) is 84.9 Å². The second-order valence-corrected chi connectivity index (χ2v) is 6.60. The van der Waals surface area contributed by atoms with Gasteiger partial charge in [-0.25, -0.2) is 10.4 Å². The van der Waals surface area contributed by atoms with Crippen LogP contribution in [0, 0.1) is 0 Å². The van der Waals surface area contributed by atoms with Crippen molar-refractivity contribution in [2.24, 2.45) is 0 Å². The van der Waals surface area contributed by atoms with Crippen LogP contribution in [0.25, 0.3) is 0 Å². The molecule has 0 spiro atoms. The van der Waals surface area contributed by atoms with Crippen LogP contribution in [-0.4, -0.2) is 12.1 Å². The van der Waals surface area contributed by atoms with Gasteiger partial charge in [-0.05, 0) is 35.6 Å². The molecule has 3 aromatic rings. The van der Waals surface area contributed by atoms with Crippen LogP contribution in [0.2, 0.25) is 0 Å². The highest BCUT2D eigenvalue weighted by atomic mass is 15.5. The van der Waals surface area contributed by atoms with Gasteiger partial charge in [0.2, 0.25) is 0 Å². The van der Waals surface area contributed by atoms with Gasteiger partial charge in [0, 0.05) is 19.6 Å². The van der Waals surface area contributed by atoms with Crippen LogP contribution < -0.4 is 5.43 Å². The SMILES string of the molecule is CC(NN(C)Cc1ccccc1)c1cccc(Cc2ccccc2)c1. The van der Waals surface area contributed by atoms with Gasteiger partial charge in [-0.2, -0.15) is 0 Å². The number of hydrazine groups is 1. The Morgan fingerprint density at radius 3 is 2.04 bits per heavy atom. The third kappa shape index (κ3) is 5.28. The molecule has 0 aliphatic heterocycles. The van der Waals surface area contributed by atoms with E-state index in [1.54, 1.807) is 0 Å². The van der Waals surface area contributed by atoms with Crippen molar-refractivity contribution >= 4 is 0 Å². The fourth-order valence-corrected chi connectivity index (χ4v) is 3.11. The number of hydrogen-bond donors (Lipinski definition) is 1. The summed E-state index contributed by atoms with van der Waals surface area (Å²) in [6, 6.07) is 30.3. The number of nitrogens with one attached hydrogen (secondary N) is 1. The summed E-state index contributed by atoms with van der Waals surface area (Å²) in [5.74, 6) is 0. The molecule has 3 aromatic carbocycles. The average molecular weight is 330 g/mol. The zero-order valence-electron chi connectivity index (χ0n) is 15.0. The van der Waals surface area contributed by atoms with Crippen molar-refractivity contribution in [1.82, 2.24) is 10.4 Å². The minimum atomic E-state index is 0.268. The van der Waals surface area contributed by atoms with Gasteiger partial charge in [-0.1, -0.05) is 84.9 Å². The summed E-state index contributed by atoms with van der Waals surface area (Å²) in [5.41, 5.74) is 8.89. The fraction of sp³-hybridized carbons (Fsp3) is 0.217. The Morgan fingerprint density at radius 2 is 1.36 bits per heavy atom. The van der Waals surface area contributed by atoms with Crippen molar-refractivity contribution in [2.45, 2.75) is 25.9 Å². The molecular weight excluding hydrogens is 304 g/mol. The zero-order valence-corrected chi connectivity index (χ0v) is 15.0. The molecule has 25 heavy (non-hydrogen) atoms. The molecule has 2 nitrogen and oxygen atoms in total. The van der Waals surface area contributed by atoms with Gasteiger partial charge < -0.3 is 0 Å². The zero-order chi connectivity index (χ0) is 17.5. The minimum absolute atomic E-state index is 0.268. The normalized spacial score (nSPS) is 12.3. The number of nitrogens with zero attached hydrogens (tertiary/aromatic N) is 1. The Hall–Kier alpha value is -2.42. The van der Waals surface area contributed by atoms with Crippen molar-refractivity contribution in [3.05, 3.63) is 107 Å². The molecule has 0 aliphatic rings. The summed E-state index contributed by atoms with van der Waals surface area (Å²) >= 11 is 0. The van der Waals surface area contributed by atoms with Crippen molar-refractivity contribution in [3.8, 4) is 0 Å². The molecule has 1 N–H and O–H groups in total. The molecule has 2 heteroatoms. The second-order valence-electron chi connectivity index (χ2n) is 6.60. The van der Waals surface area contributed by atoms with E-state index in [-0.39, 0.29) is 6.04 Å². The lowest BCUT2D eigenvalue weighted by atomic mass is 10.0. The topological polar surface area (TPSA) is 15.3 Å². The van der Waals surface area contributed by atoms with E-state index in [0.29, 0.717) is 0 Å². The van der Waals surface area contributed by atoms with Crippen LogP contribution in [-0.2, 0) is 13.0 Å². The summed E-state index contributed by atoms with van der Waals surface area (Å²) < 4.78 is 0. The van der Waals surface area contributed by atoms with Gasteiger partial charge in [0.15, 0.2) is 0 Å². The lowest BCUT2D eigenvalue weighted by molar-refractivity contribution is 0.196. The van der Waals surface area contributed by atoms with E-state index in [2.05, 4.69) is 109 Å². The maximum Gasteiger partial charge on any atom is 0.0436 e. The molecule has 0 aromatic heterocycles. The van der Waals surface area contributed by atoms with Crippen LogP contribution in [0.3, 0.4) is 0 Å².